The van der Waals surface area contributed by atoms with E-state index in [0.717, 1.165) is 17.9 Å². The fourth-order valence-electron chi connectivity index (χ4n) is 3.44. The van der Waals surface area contributed by atoms with Gasteiger partial charge in [0, 0.05) is 6.04 Å². The molecule has 0 bridgehead atoms. The van der Waals surface area contributed by atoms with Gasteiger partial charge in [0.2, 0.25) is 0 Å². The summed E-state index contributed by atoms with van der Waals surface area (Å²) in [4.78, 5) is 0. The molecule has 1 N–H and O–H groups in total. The molecule has 0 spiro atoms. The summed E-state index contributed by atoms with van der Waals surface area (Å²) < 4.78 is 0. The summed E-state index contributed by atoms with van der Waals surface area (Å²) in [7, 11) is 2.15. The van der Waals surface area contributed by atoms with Crippen LogP contribution in [0.5, 0.6) is 0 Å². The molecule has 0 aromatic carbocycles. The largest absolute Gasteiger partial charge is 0.317 e. The van der Waals surface area contributed by atoms with Crippen molar-refractivity contribution in [3.8, 4) is 0 Å². The minimum atomic E-state index is 0.722. The van der Waals surface area contributed by atoms with Crippen LogP contribution in [0.2, 0.25) is 0 Å². The van der Waals surface area contributed by atoms with E-state index in [-0.39, 0.29) is 0 Å². The SMILES string of the molecule is CCC1CCCC(C(CCc2ccsc2)NC)C1. The molecule has 2 heteroatoms. The highest BCUT2D eigenvalue weighted by Crippen LogP contribution is 2.34. The molecule has 0 saturated heterocycles. The Hall–Kier alpha value is -0.340. The van der Waals surface area contributed by atoms with Gasteiger partial charge in [0.1, 0.15) is 0 Å². The van der Waals surface area contributed by atoms with Crippen molar-refractivity contribution in [3.05, 3.63) is 22.4 Å². The molecular weight excluding hydrogens is 238 g/mol. The van der Waals surface area contributed by atoms with E-state index in [0.29, 0.717) is 0 Å². The lowest BCUT2D eigenvalue weighted by Crippen LogP contribution is -2.36. The topological polar surface area (TPSA) is 12.0 Å². The molecule has 2 rings (SSSR count). The lowest BCUT2D eigenvalue weighted by Gasteiger charge is -2.34. The van der Waals surface area contributed by atoms with Crippen molar-refractivity contribution in [2.45, 2.75) is 57.9 Å². The van der Waals surface area contributed by atoms with E-state index in [1.807, 2.05) is 11.3 Å². The average Bonchev–Trinajstić information content (AvgIpc) is 2.93. The molecule has 1 fully saturated rings. The van der Waals surface area contributed by atoms with E-state index in [1.165, 1.54) is 50.5 Å². The third-order valence-corrected chi connectivity index (χ3v) is 5.40. The zero-order valence-corrected chi connectivity index (χ0v) is 12.6. The van der Waals surface area contributed by atoms with Crippen LogP contribution >= 0.6 is 11.3 Å². The molecule has 0 aliphatic heterocycles. The van der Waals surface area contributed by atoms with Gasteiger partial charge in [-0.05, 0) is 67.0 Å². The highest BCUT2D eigenvalue weighted by Gasteiger charge is 2.26. The molecule has 0 amide bonds. The first-order chi connectivity index (χ1) is 8.83. The van der Waals surface area contributed by atoms with Crippen molar-refractivity contribution >= 4 is 11.3 Å². The molecule has 3 unspecified atom stereocenters. The molecule has 18 heavy (non-hydrogen) atoms. The lowest BCUT2D eigenvalue weighted by atomic mass is 9.76. The van der Waals surface area contributed by atoms with Crippen molar-refractivity contribution in [2.75, 3.05) is 7.05 Å². The number of rotatable bonds is 6. The summed E-state index contributed by atoms with van der Waals surface area (Å²) in [5.41, 5.74) is 1.52. The first-order valence-electron chi connectivity index (χ1n) is 7.51. The predicted molar refractivity (Wildman–Crippen MR) is 81.2 cm³/mol. The Morgan fingerprint density at radius 1 is 1.44 bits per heavy atom. The third kappa shape index (κ3) is 3.83. The van der Waals surface area contributed by atoms with Gasteiger partial charge >= 0.3 is 0 Å². The molecular formula is C16H27NS. The third-order valence-electron chi connectivity index (χ3n) is 4.66. The molecule has 1 aliphatic carbocycles. The quantitative estimate of drug-likeness (QED) is 0.799. The number of aryl methyl sites for hydroxylation is 1. The summed E-state index contributed by atoms with van der Waals surface area (Å²) >= 11 is 1.82. The molecule has 1 aromatic heterocycles. The second-order valence-electron chi connectivity index (χ2n) is 5.77. The fraction of sp³-hybridized carbons (Fsp3) is 0.750. The highest BCUT2D eigenvalue weighted by atomic mass is 32.1. The maximum Gasteiger partial charge on any atom is 0.00955 e. The molecule has 1 aliphatic rings. The van der Waals surface area contributed by atoms with Gasteiger partial charge < -0.3 is 5.32 Å². The van der Waals surface area contributed by atoms with Gasteiger partial charge in [0.25, 0.3) is 0 Å². The second-order valence-corrected chi connectivity index (χ2v) is 6.55. The van der Waals surface area contributed by atoms with Crippen LogP contribution in [-0.2, 0) is 6.42 Å². The van der Waals surface area contributed by atoms with Crippen LogP contribution in [0.1, 0.15) is 51.0 Å². The first kappa shape index (κ1) is 14.1. The first-order valence-corrected chi connectivity index (χ1v) is 8.46. The average molecular weight is 265 g/mol. The maximum atomic E-state index is 3.58. The number of hydrogen-bond donors (Lipinski definition) is 1. The molecule has 0 radical (unpaired) electrons. The molecule has 1 aromatic rings. The van der Waals surface area contributed by atoms with Gasteiger partial charge in [0.05, 0.1) is 0 Å². The molecule has 1 saturated carbocycles. The summed E-state index contributed by atoms with van der Waals surface area (Å²) in [6.45, 7) is 2.35. The maximum absolute atomic E-state index is 3.58. The number of hydrogen-bond acceptors (Lipinski definition) is 2. The Kier molecular flexibility index (Phi) is 5.71. The van der Waals surface area contributed by atoms with Gasteiger partial charge in [-0.2, -0.15) is 11.3 Å². The van der Waals surface area contributed by atoms with Crippen LogP contribution < -0.4 is 5.32 Å². The van der Waals surface area contributed by atoms with Crippen LogP contribution in [-0.4, -0.2) is 13.1 Å². The molecule has 1 heterocycles. The van der Waals surface area contributed by atoms with Gasteiger partial charge in [-0.25, -0.2) is 0 Å². The van der Waals surface area contributed by atoms with Gasteiger partial charge in [-0.1, -0.05) is 26.2 Å². The summed E-state index contributed by atoms with van der Waals surface area (Å²) in [5, 5.41) is 8.07. The standard InChI is InChI=1S/C16H27NS/c1-3-13-5-4-6-15(11-13)16(17-2)8-7-14-9-10-18-12-14/h9-10,12-13,15-17H,3-8,11H2,1-2H3. The molecule has 3 atom stereocenters. The summed E-state index contributed by atoms with van der Waals surface area (Å²) in [6.07, 6.45) is 9.71. The second kappa shape index (κ2) is 7.30. The van der Waals surface area contributed by atoms with E-state index in [4.69, 9.17) is 0 Å². The highest BCUT2D eigenvalue weighted by molar-refractivity contribution is 7.07. The zero-order valence-electron chi connectivity index (χ0n) is 11.8. The van der Waals surface area contributed by atoms with Gasteiger partial charge in [-0.3, -0.25) is 0 Å². The molecule has 1 nitrogen and oxygen atoms in total. The van der Waals surface area contributed by atoms with Crippen LogP contribution in [0.3, 0.4) is 0 Å². The fourth-order valence-corrected chi connectivity index (χ4v) is 4.14. The normalized spacial score (nSPS) is 26.1. The summed E-state index contributed by atoms with van der Waals surface area (Å²) in [6, 6.07) is 2.99. The Morgan fingerprint density at radius 3 is 3.00 bits per heavy atom. The Morgan fingerprint density at radius 2 is 2.33 bits per heavy atom. The van der Waals surface area contributed by atoms with Crippen molar-refractivity contribution in [1.82, 2.24) is 5.32 Å². The van der Waals surface area contributed by atoms with Crippen molar-refractivity contribution < 1.29 is 0 Å². The van der Waals surface area contributed by atoms with Crippen LogP contribution in [0.25, 0.3) is 0 Å². The van der Waals surface area contributed by atoms with Crippen molar-refractivity contribution in [3.63, 3.8) is 0 Å². The Bertz CT molecular complexity index is 320. The van der Waals surface area contributed by atoms with Gasteiger partial charge in [-0.15, -0.1) is 0 Å². The van der Waals surface area contributed by atoms with E-state index in [2.05, 4.69) is 36.1 Å². The van der Waals surface area contributed by atoms with Crippen molar-refractivity contribution in [1.29, 1.82) is 0 Å². The molecule has 102 valence electrons. The number of nitrogens with one attached hydrogen (secondary N) is 1. The van der Waals surface area contributed by atoms with Crippen LogP contribution in [0.15, 0.2) is 16.8 Å². The number of thiophene rings is 1. The summed E-state index contributed by atoms with van der Waals surface area (Å²) in [5.74, 6) is 1.90. The van der Waals surface area contributed by atoms with Crippen LogP contribution in [0, 0.1) is 11.8 Å². The predicted octanol–water partition coefficient (Wildman–Crippen LogP) is 4.49. The van der Waals surface area contributed by atoms with E-state index < -0.39 is 0 Å². The Balaban J connectivity index is 1.83. The Labute approximate surface area is 116 Å². The monoisotopic (exact) mass is 265 g/mol. The van der Waals surface area contributed by atoms with E-state index >= 15 is 0 Å². The minimum Gasteiger partial charge on any atom is -0.317 e. The minimum absolute atomic E-state index is 0.722. The van der Waals surface area contributed by atoms with Crippen molar-refractivity contribution in [2.24, 2.45) is 11.8 Å². The van der Waals surface area contributed by atoms with Gasteiger partial charge in [0.15, 0.2) is 0 Å². The van der Waals surface area contributed by atoms with Crippen LogP contribution in [0.4, 0.5) is 0 Å². The smallest absolute Gasteiger partial charge is 0.00955 e. The van der Waals surface area contributed by atoms with E-state index in [1.54, 1.807) is 0 Å². The van der Waals surface area contributed by atoms with E-state index in [9.17, 15) is 0 Å². The lowest BCUT2D eigenvalue weighted by molar-refractivity contribution is 0.207. The zero-order chi connectivity index (χ0) is 12.8.